The Morgan fingerprint density at radius 2 is 1.77 bits per heavy atom. The van der Waals surface area contributed by atoms with Crippen LogP contribution >= 0.6 is 0 Å². The Labute approximate surface area is 129 Å². The van der Waals surface area contributed by atoms with Crippen LogP contribution in [-0.2, 0) is 0 Å². The average Bonchev–Trinajstić information content (AvgIpc) is 2.59. The molecule has 0 bridgehead atoms. The van der Waals surface area contributed by atoms with Gasteiger partial charge in [-0.2, -0.15) is 5.26 Å². The van der Waals surface area contributed by atoms with Crippen molar-refractivity contribution < 1.29 is 0 Å². The second kappa shape index (κ2) is 6.68. The molecule has 4 nitrogen and oxygen atoms in total. The van der Waals surface area contributed by atoms with E-state index in [-0.39, 0.29) is 6.04 Å². The zero-order valence-electron chi connectivity index (χ0n) is 12.1. The Morgan fingerprint density at radius 1 is 1.00 bits per heavy atom. The molecule has 0 aliphatic rings. The SMILES string of the molecule is N#CCCC(Nc1ncnc2ccccc12)c1ccccc1. The van der Waals surface area contributed by atoms with E-state index in [0.29, 0.717) is 6.42 Å². The summed E-state index contributed by atoms with van der Waals surface area (Å²) in [5, 5.41) is 13.4. The lowest BCUT2D eigenvalue weighted by Crippen LogP contribution is -2.12. The smallest absolute Gasteiger partial charge is 0.137 e. The number of anilines is 1. The van der Waals surface area contributed by atoms with E-state index in [1.54, 1.807) is 6.33 Å². The molecule has 108 valence electrons. The Balaban J connectivity index is 1.94. The highest BCUT2D eigenvalue weighted by atomic mass is 15.0. The summed E-state index contributed by atoms with van der Waals surface area (Å²) in [6, 6.07) is 20.3. The fourth-order valence-corrected chi connectivity index (χ4v) is 2.50. The number of aromatic nitrogens is 2. The van der Waals surface area contributed by atoms with Gasteiger partial charge in [0.1, 0.15) is 12.1 Å². The molecule has 3 aromatic rings. The molecule has 1 heterocycles. The van der Waals surface area contributed by atoms with Gasteiger partial charge in [-0.1, -0.05) is 42.5 Å². The lowest BCUT2D eigenvalue weighted by molar-refractivity contribution is 0.706. The lowest BCUT2D eigenvalue weighted by Gasteiger charge is -2.19. The molecule has 0 aliphatic carbocycles. The molecule has 1 N–H and O–H groups in total. The summed E-state index contributed by atoms with van der Waals surface area (Å²) in [6.45, 7) is 0. The number of para-hydroxylation sites is 1. The van der Waals surface area contributed by atoms with Gasteiger partial charge in [0.15, 0.2) is 0 Å². The van der Waals surface area contributed by atoms with Gasteiger partial charge in [0.25, 0.3) is 0 Å². The molecule has 3 rings (SSSR count). The predicted octanol–water partition coefficient (Wildman–Crippen LogP) is 4.09. The fourth-order valence-electron chi connectivity index (χ4n) is 2.50. The van der Waals surface area contributed by atoms with Crippen LogP contribution in [0.5, 0.6) is 0 Å². The lowest BCUT2D eigenvalue weighted by atomic mass is 10.0. The number of fused-ring (bicyclic) bond motifs is 1. The third-order valence-corrected chi connectivity index (χ3v) is 3.60. The molecule has 4 heteroatoms. The maximum absolute atomic E-state index is 8.90. The van der Waals surface area contributed by atoms with Crippen LogP contribution in [0.1, 0.15) is 24.4 Å². The molecule has 0 saturated carbocycles. The van der Waals surface area contributed by atoms with E-state index in [1.807, 2.05) is 42.5 Å². The first-order chi connectivity index (χ1) is 10.9. The van der Waals surface area contributed by atoms with Crippen LogP contribution in [-0.4, -0.2) is 9.97 Å². The van der Waals surface area contributed by atoms with Crippen molar-refractivity contribution in [3.63, 3.8) is 0 Å². The highest BCUT2D eigenvalue weighted by Gasteiger charge is 2.13. The van der Waals surface area contributed by atoms with Gasteiger partial charge in [-0.05, 0) is 24.1 Å². The van der Waals surface area contributed by atoms with Crippen molar-refractivity contribution in [2.24, 2.45) is 0 Å². The highest BCUT2D eigenvalue weighted by Crippen LogP contribution is 2.26. The molecule has 22 heavy (non-hydrogen) atoms. The first-order valence-electron chi connectivity index (χ1n) is 7.26. The number of nitriles is 1. The minimum Gasteiger partial charge on any atom is -0.363 e. The van der Waals surface area contributed by atoms with Gasteiger partial charge in [-0.3, -0.25) is 0 Å². The van der Waals surface area contributed by atoms with E-state index < -0.39 is 0 Å². The van der Waals surface area contributed by atoms with E-state index in [0.717, 1.165) is 28.7 Å². The van der Waals surface area contributed by atoms with Crippen molar-refractivity contribution in [1.29, 1.82) is 5.26 Å². The minimum atomic E-state index is 0.0548. The second-order valence-electron chi connectivity index (χ2n) is 5.04. The molecule has 0 radical (unpaired) electrons. The zero-order chi connectivity index (χ0) is 15.2. The van der Waals surface area contributed by atoms with E-state index >= 15 is 0 Å². The number of nitrogens with one attached hydrogen (secondary N) is 1. The molecule has 0 spiro atoms. The Kier molecular flexibility index (Phi) is 4.26. The molecule has 1 atom stereocenters. The summed E-state index contributed by atoms with van der Waals surface area (Å²) in [4.78, 5) is 8.66. The Hall–Kier alpha value is -2.93. The van der Waals surface area contributed by atoms with Gasteiger partial charge < -0.3 is 5.32 Å². The number of rotatable bonds is 5. The summed E-state index contributed by atoms with van der Waals surface area (Å²) in [6.07, 6.45) is 2.80. The van der Waals surface area contributed by atoms with Crippen molar-refractivity contribution in [2.75, 3.05) is 5.32 Å². The van der Waals surface area contributed by atoms with Gasteiger partial charge in [0, 0.05) is 11.8 Å². The number of hydrogen-bond acceptors (Lipinski definition) is 4. The summed E-state index contributed by atoms with van der Waals surface area (Å²) in [5.74, 6) is 0.803. The number of hydrogen-bond donors (Lipinski definition) is 1. The van der Waals surface area contributed by atoms with Gasteiger partial charge in [0.2, 0.25) is 0 Å². The highest BCUT2D eigenvalue weighted by molar-refractivity contribution is 5.88. The average molecular weight is 288 g/mol. The molecule has 0 fully saturated rings. The minimum absolute atomic E-state index is 0.0548. The molecule has 1 unspecified atom stereocenters. The van der Waals surface area contributed by atoms with Gasteiger partial charge in [0.05, 0.1) is 17.6 Å². The van der Waals surface area contributed by atoms with Crippen LogP contribution in [0.4, 0.5) is 5.82 Å². The van der Waals surface area contributed by atoms with Crippen LogP contribution in [0, 0.1) is 11.3 Å². The monoisotopic (exact) mass is 288 g/mol. The number of benzene rings is 2. The molecule has 0 aliphatic heterocycles. The van der Waals surface area contributed by atoms with Crippen molar-refractivity contribution in [3.8, 4) is 6.07 Å². The molecule has 0 saturated heterocycles. The summed E-state index contributed by atoms with van der Waals surface area (Å²) < 4.78 is 0. The molecule has 1 aromatic heterocycles. The van der Waals surface area contributed by atoms with Crippen molar-refractivity contribution in [2.45, 2.75) is 18.9 Å². The van der Waals surface area contributed by atoms with E-state index in [9.17, 15) is 0 Å². The fraction of sp³-hybridized carbons (Fsp3) is 0.167. The Bertz CT molecular complexity index is 788. The quantitative estimate of drug-likeness (QED) is 0.768. The van der Waals surface area contributed by atoms with Crippen LogP contribution in [0.25, 0.3) is 10.9 Å². The van der Waals surface area contributed by atoms with Crippen LogP contribution in [0.3, 0.4) is 0 Å². The van der Waals surface area contributed by atoms with E-state index in [2.05, 4.69) is 33.5 Å². The second-order valence-corrected chi connectivity index (χ2v) is 5.04. The first kappa shape index (κ1) is 14.0. The zero-order valence-corrected chi connectivity index (χ0v) is 12.1. The van der Waals surface area contributed by atoms with E-state index in [1.165, 1.54) is 0 Å². The molecular weight excluding hydrogens is 272 g/mol. The summed E-state index contributed by atoms with van der Waals surface area (Å²) in [7, 11) is 0. The van der Waals surface area contributed by atoms with Crippen molar-refractivity contribution >= 4 is 16.7 Å². The largest absolute Gasteiger partial charge is 0.363 e. The number of nitrogens with zero attached hydrogens (tertiary/aromatic N) is 3. The summed E-state index contributed by atoms with van der Waals surface area (Å²) in [5.41, 5.74) is 2.06. The van der Waals surface area contributed by atoms with Crippen LogP contribution in [0.2, 0.25) is 0 Å². The Morgan fingerprint density at radius 3 is 2.59 bits per heavy atom. The van der Waals surface area contributed by atoms with Crippen molar-refractivity contribution in [1.82, 2.24) is 9.97 Å². The van der Waals surface area contributed by atoms with Gasteiger partial charge >= 0.3 is 0 Å². The van der Waals surface area contributed by atoms with Crippen molar-refractivity contribution in [3.05, 3.63) is 66.5 Å². The molecule has 0 amide bonds. The third kappa shape index (κ3) is 3.04. The summed E-state index contributed by atoms with van der Waals surface area (Å²) >= 11 is 0. The molecule has 2 aromatic carbocycles. The maximum Gasteiger partial charge on any atom is 0.137 e. The van der Waals surface area contributed by atoms with Gasteiger partial charge in [-0.15, -0.1) is 0 Å². The maximum atomic E-state index is 8.90. The standard InChI is InChI=1S/C18H16N4/c19-12-6-11-16(14-7-2-1-3-8-14)22-18-15-9-4-5-10-17(15)20-13-21-18/h1-5,7-10,13,16H,6,11H2,(H,20,21,22). The third-order valence-electron chi connectivity index (χ3n) is 3.60. The topological polar surface area (TPSA) is 61.6 Å². The van der Waals surface area contributed by atoms with Crippen LogP contribution < -0.4 is 5.32 Å². The first-order valence-corrected chi connectivity index (χ1v) is 7.26. The normalized spacial score (nSPS) is 11.8. The van der Waals surface area contributed by atoms with Gasteiger partial charge in [-0.25, -0.2) is 9.97 Å². The van der Waals surface area contributed by atoms with E-state index in [4.69, 9.17) is 5.26 Å². The molecular formula is C18H16N4. The predicted molar refractivity (Wildman–Crippen MR) is 87.2 cm³/mol. The van der Waals surface area contributed by atoms with Crippen LogP contribution in [0.15, 0.2) is 60.9 Å².